The lowest BCUT2D eigenvalue weighted by atomic mass is 10.1. The summed E-state index contributed by atoms with van der Waals surface area (Å²) in [6.07, 6.45) is 0. The van der Waals surface area contributed by atoms with Crippen LogP contribution >= 0.6 is 0 Å². The Morgan fingerprint density at radius 2 is 1.85 bits per heavy atom. The lowest BCUT2D eigenvalue weighted by molar-refractivity contribution is -0.135. The van der Waals surface area contributed by atoms with Crippen molar-refractivity contribution >= 4 is 11.9 Å². The average molecular weight is 278 g/mol. The van der Waals surface area contributed by atoms with E-state index in [0.29, 0.717) is 11.6 Å². The molecule has 0 aliphatic rings. The molecule has 0 fully saturated rings. The summed E-state index contributed by atoms with van der Waals surface area (Å²) in [5, 5.41) is 10.9. The lowest BCUT2D eigenvalue weighted by Gasteiger charge is -2.24. The molecule has 1 amide bonds. The Balaban J connectivity index is 2.64. The molecule has 1 rings (SSSR count). The van der Waals surface area contributed by atoms with Gasteiger partial charge in [0.15, 0.2) is 0 Å². The zero-order chi connectivity index (χ0) is 15.1. The molecule has 0 aromatic heterocycles. The molecule has 1 aromatic carbocycles. The first-order valence-corrected chi connectivity index (χ1v) is 6.77. The van der Waals surface area contributed by atoms with Gasteiger partial charge >= 0.3 is 5.97 Å². The molecule has 0 aliphatic heterocycles. The highest BCUT2D eigenvalue weighted by Gasteiger charge is 2.09. The van der Waals surface area contributed by atoms with Crippen LogP contribution in [0.5, 0.6) is 0 Å². The van der Waals surface area contributed by atoms with E-state index < -0.39 is 5.97 Å². The van der Waals surface area contributed by atoms with Crippen LogP contribution in [0.2, 0.25) is 0 Å². The Morgan fingerprint density at radius 3 is 2.30 bits per heavy atom. The van der Waals surface area contributed by atoms with Crippen LogP contribution in [-0.2, 0) is 11.3 Å². The number of rotatable bonds is 7. The summed E-state index contributed by atoms with van der Waals surface area (Å²) in [5.41, 5.74) is 1.61. The predicted molar refractivity (Wildman–Crippen MR) is 77.6 cm³/mol. The van der Waals surface area contributed by atoms with Crippen LogP contribution in [0.25, 0.3) is 0 Å². The van der Waals surface area contributed by atoms with Crippen LogP contribution in [0.3, 0.4) is 0 Å². The van der Waals surface area contributed by atoms with Crippen molar-refractivity contribution in [1.29, 1.82) is 0 Å². The van der Waals surface area contributed by atoms with Crippen molar-refractivity contribution in [2.45, 2.75) is 33.4 Å². The molecule has 5 heteroatoms. The third-order valence-electron chi connectivity index (χ3n) is 3.14. The molecule has 0 unspecified atom stereocenters. The number of aliphatic carboxylic acids is 1. The summed E-state index contributed by atoms with van der Waals surface area (Å²) in [7, 11) is 0. The van der Waals surface area contributed by atoms with Crippen molar-refractivity contribution in [1.82, 2.24) is 10.2 Å². The zero-order valence-corrected chi connectivity index (χ0v) is 12.2. The number of carboxylic acid groups (broad SMARTS) is 1. The first-order chi connectivity index (χ1) is 9.43. The minimum atomic E-state index is -1.05. The summed E-state index contributed by atoms with van der Waals surface area (Å²) in [4.78, 5) is 24.4. The topological polar surface area (TPSA) is 69.6 Å². The van der Waals surface area contributed by atoms with Gasteiger partial charge in [0.05, 0.1) is 0 Å². The Bertz CT molecular complexity index is 455. The van der Waals surface area contributed by atoms with Gasteiger partial charge < -0.3 is 10.4 Å². The van der Waals surface area contributed by atoms with Gasteiger partial charge in [-0.15, -0.1) is 0 Å². The van der Waals surface area contributed by atoms with Gasteiger partial charge in [-0.05, 0) is 38.1 Å². The van der Waals surface area contributed by atoms with Crippen LogP contribution in [0.4, 0.5) is 0 Å². The van der Waals surface area contributed by atoms with E-state index in [9.17, 15) is 9.59 Å². The smallest absolute Gasteiger partial charge is 0.322 e. The van der Waals surface area contributed by atoms with Gasteiger partial charge in [-0.1, -0.05) is 19.1 Å². The second-order valence-corrected chi connectivity index (χ2v) is 4.93. The van der Waals surface area contributed by atoms with Gasteiger partial charge in [-0.3, -0.25) is 14.5 Å². The van der Waals surface area contributed by atoms with Gasteiger partial charge in [0, 0.05) is 18.2 Å². The highest BCUT2D eigenvalue weighted by atomic mass is 16.4. The molecule has 0 aliphatic carbocycles. The van der Waals surface area contributed by atoms with Crippen molar-refractivity contribution in [2.75, 3.05) is 13.1 Å². The first kappa shape index (κ1) is 16.2. The quantitative estimate of drug-likeness (QED) is 0.797. The molecule has 2 N–H and O–H groups in total. The van der Waals surface area contributed by atoms with E-state index in [1.165, 1.54) is 0 Å². The van der Waals surface area contributed by atoms with E-state index in [1.54, 1.807) is 12.1 Å². The van der Waals surface area contributed by atoms with Gasteiger partial charge in [-0.2, -0.15) is 0 Å². The standard InChI is InChI=1S/C15H22N2O3/c1-4-17(11(2)3)10-12-5-7-13(8-6-12)15(20)16-9-14(18)19/h5-8,11H,4,9-10H2,1-3H3,(H,16,20)(H,18,19). The molecule has 0 bridgehead atoms. The minimum Gasteiger partial charge on any atom is -0.480 e. The molecule has 20 heavy (non-hydrogen) atoms. The SMILES string of the molecule is CCN(Cc1ccc(C(=O)NCC(=O)O)cc1)C(C)C. The van der Waals surface area contributed by atoms with Gasteiger partial charge in [0.2, 0.25) is 0 Å². The molecular formula is C15H22N2O3. The van der Waals surface area contributed by atoms with Crippen LogP contribution in [0.1, 0.15) is 36.7 Å². The number of amides is 1. The molecule has 0 radical (unpaired) electrons. The van der Waals surface area contributed by atoms with Crippen LogP contribution < -0.4 is 5.32 Å². The summed E-state index contributed by atoms with van der Waals surface area (Å²) in [6, 6.07) is 7.72. The third kappa shape index (κ3) is 5.01. The first-order valence-electron chi connectivity index (χ1n) is 6.77. The Labute approximate surface area is 119 Å². The number of benzene rings is 1. The highest BCUT2D eigenvalue weighted by Crippen LogP contribution is 2.10. The molecule has 0 saturated heterocycles. The fraction of sp³-hybridized carbons (Fsp3) is 0.467. The molecule has 1 aromatic rings. The molecule has 110 valence electrons. The van der Waals surface area contributed by atoms with E-state index >= 15 is 0 Å². The monoisotopic (exact) mass is 278 g/mol. The molecule has 0 saturated carbocycles. The number of carbonyl (C=O) groups is 2. The largest absolute Gasteiger partial charge is 0.480 e. The third-order valence-corrected chi connectivity index (χ3v) is 3.14. The van der Waals surface area contributed by atoms with Crippen LogP contribution in [0, 0.1) is 0 Å². The number of carboxylic acids is 1. The fourth-order valence-corrected chi connectivity index (χ4v) is 1.91. The lowest BCUT2D eigenvalue weighted by Crippen LogP contribution is -2.30. The number of nitrogens with zero attached hydrogens (tertiary/aromatic N) is 1. The molecule has 0 atom stereocenters. The van der Waals surface area contributed by atoms with E-state index in [0.717, 1.165) is 18.7 Å². The van der Waals surface area contributed by atoms with Crippen LogP contribution in [0.15, 0.2) is 24.3 Å². The second kappa shape index (κ2) is 7.65. The van der Waals surface area contributed by atoms with Gasteiger partial charge in [0.1, 0.15) is 6.54 Å². The van der Waals surface area contributed by atoms with Crippen LogP contribution in [-0.4, -0.2) is 41.0 Å². The maximum Gasteiger partial charge on any atom is 0.322 e. The van der Waals surface area contributed by atoms with Crippen molar-refractivity contribution < 1.29 is 14.7 Å². The highest BCUT2D eigenvalue weighted by molar-refractivity contribution is 5.95. The van der Waals surface area contributed by atoms with E-state index in [1.807, 2.05) is 12.1 Å². The zero-order valence-electron chi connectivity index (χ0n) is 12.2. The molecule has 5 nitrogen and oxygen atoms in total. The minimum absolute atomic E-state index is 0.364. The fourth-order valence-electron chi connectivity index (χ4n) is 1.91. The maximum atomic E-state index is 11.7. The Kier molecular flexibility index (Phi) is 6.18. The predicted octanol–water partition coefficient (Wildman–Crippen LogP) is 1.73. The van der Waals surface area contributed by atoms with Crippen molar-refractivity contribution in [2.24, 2.45) is 0 Å². The number of carbonyl (C=O) groups excluding carboxylic acids is 1. The second-order valence-electron chi connectivity index (χ2n) is 4.93. The average Bonchev–Trinajstić information content (AvgIpc) is 2.42. The normalized spacial score (nSPS) is 10.8. The Morgan fingerprint density at radius 1 is 1.25 bits per heavy atom. The van der Waals surface area contributed by atoms with E-state index in [-0.39, 0.29) is 12.5 Å². The van der Waals surface area contributed by atoms with E-state index in [4.69, 9.17) is 5.11 Å². The van der Waals surface area contributed by atoms with Gasteiger partial charge in [0.25, 0.3) is 5.91 Å². The van der Waals surface area contributed by atoms with Crippen molar-refractivity contribution in [3.05, 3.63) is 35.4 Å². The Hall–Kier alpha value is -1.88. The summed E-state index contributed by atoms with van der Waals surface area (Å²) in [6.45, 7) is 7.86. The van der Waals surface area contributed by atoms with Crippen molar-refractivity contribution in [3.63, 3.8) is 0 Å². The maximum absolute atomic E-state index is 11.7. The summed E-state index contributed by atoms with van der Waals surface area (Å²) < 4.78 is 0. The molecular weight excluding hydrogens is 256 g/mol. The number of hydrogen-bond donors (Lipinski definition) is 2. The van der Waals surface area contributed by atoms with E-state index in [2.05, 4.69) is 31.0 Å². The van der Waals surface area contributed by atoms with Gasteiger partial charge in [-0.25, -0.2) is 0 Å². The molecule has 0 heterocycles. The number of hydrogen-bond acceptors (Lipinski definition) is 3. The molecule has 0 spiro atoms. The number of nitrogens with one attached hydrogen (secondary N) is 1. The summed E-state index contributed by atoms with van der Waals surface area (Å²) >= 11 is 0. The van der Waals surface area contributed by atoms with Crippen molar-refractivity contribution in [3.8, 4) is 0 Å². The summed E-state index contributed by atoms with van der Waals surface area (Å²) in [5.74, 6) is -1.42.